The van der Waals surface area contributed by atoms with Gasteiger partial charge >= 0.3 is 0 Å². The number of alkyl halides is 4. The van der Waals surface area contributed by atoms with E-state index in [-0.39, 0.29) is 5.69 Å². The summed E-state index contributed by atoms with van der Waals surface area (Å²) in [4.78, 5) is 12.2. The van der Waals surface area contributed by atoms with Gasteiger partial charge in [0.15, 0.2) is 0 Å². The van der Waals surface area contributed by atoms with Gasteiger partial charge in [-0.25, -0.2) is 17.6 Å². The zero-order chi connectivity index (χ0) is 22.0. The lowest BCUT2D eigenvalue weighted by molar-refractivity contribution is -0.117. The number of rotatable bonds is 7. The minimum atomic E-state index is -3.18. The molecular formula is C17H12Cl3F4N5O. The van der Waals surface area contributed by atoms with Crippen molar-refractivity contribution in [2.24, 2.45) is 0 Å². The van der Waals surface area contributed by atoms with Gasteiger partial charge in [0.1, 0.15) is 17.9 Å². The van der Waals surface area contributed by atoms with Crippen molar-refractivity contribution >= 4 is 46.4 Å². The van der Waals surface area contributed by atoms with Crippen molar-refractivity contribution in [2.75, 3.05) is 5.32 Å². The summed E-state index contributed by atoms with van der Waals surface area (Å²) in [6, 6.07) is 5.05. The lowest BCUT2D eigenvalue weighted by Gasteiger charge is -2.07. The monoisotopic (exact) mass is 483 g/mol. The number of aromatic nitrogens is 4. The molecule has 0 atom stereocenters. The summed E-state index contributed by atoms with van der Waals surface area (Å²) in [7, 11) is 0. The molecule has 13 heteroatoms. The third-order valence-corrected chi connectivity index (χ3v) is 5.03. The second kappa shape index (κ2) is 9.23. The summed E-state index contributed by atoms with van der Waals surface area (Å²) in [6.07, 6.45) is -3.50. The Bertz CT molecular complexity index is 1070. The number of nitrogens with one attached hydrogen (secondary N) is 1. The molecule has 3 rings (SSSR count). The molecule has 30 heavy (non-hydrogen) atoms. The highest BCUT2D eigenvalue weighted by Crippen LogP contribution is 2.34. The Morgan fingerprint density at radius 1 is 1.10 bits per heavy atom. The summed E-state index contributed by atoms with van der Waals surface area (Å²) >= 11 is 17.4. The van der Waals surface area contributed by atoms with Crippen molar-refractivity contribution in [2.45, 2.75) is 25.9 Å². The SMILES string of the molecule is O=C(Cn1nc(C(F)F)c(Cl)c1C(F)F)Nc1cnn(Cc2ccc(Cl)c(Cl)c2)c1. The molecule has 160 valence electrons. The molecular weight excluding hydrogens is 473 g/mol. The Labute approximate surface area is 182 Å². The van der Waals surface area contributed by atoms with Crippen LogP contribution in [0.5, 0.6) is 0 Å². The van der Waals surface area contributed by atoms with Crippen molar-refractivity contribution < 1.29 is 22.4 Å². The van der Waals surface area contributed by atoms with Crippen LogP contribution in [0.3, 0.4) is 0 Å². The Hall–Kier alpha value is -2.30. The first-order valence-electron chi connectivity index (χ1n) is 8.24. The number of anilines is 1. The van der Waals surface area contributed by atoms with Gasteiger partial charge in [0.25, 0.3) is 12.9 Å². The van der Waals surface area contributed by atoms with Crippen molar-refractivity contribution in [3.63, 3.8) is 0 Å². The fourth-order valence-corrected chi connectivity index (χ4v) is 3.24. The van der Waals surface area contributed by atoms with Gasteiger partial charge in [0.2, 0.25) is 5.91 Å². The molecule has 0 aliphatic heterocycles. The Morgan fingerprint density at radius 3 is 2.47 bits per heavy atom. The standard InChI is InChI=1S/C17H12Cl3F4N5O/c18-10-2-1-8(3-11(10)19)5-28-6-9(4-25-28)26-12(30)7-29-15(17(23)24)13(20)14(27-29)16(21)22/h1-4,6,16-17H,5,7H2,(H,26,30). The minimum Gasteiger partial charge on any atom is -0.322 e. The molecule has 6 nitrogen and oxygen atoms in total. The normalized spacial score (nSPS) is 11.5. The Balaban J connectivity index is 1.69. The largest absolute Gasteiger partial charge is 0.322 e. The second-order valence-corrected chi connectivity index (χ2v) is 7.26. The van der Waals surface area contributed by atoms with E-state index in [2.05, 4.69) is 15.5 Å². The molecule has 0 saturated heterocycles. The van der Waals surface area contributed by atoms with Gasteiger partial charge in [-0.3, -0.25) is 14.2 Å². The number of hydrogen-bond donors (Lipinski definition) is 1. The van der Waals surface area contributed by atoms with E-state index in [1.807, 2.05) is 0 Å². The highest BCUT2D eigenvalue weighted by Gasteiger charge is 2.28. The first-order chi connectivity index (χ1) is 14.2. The van der Waals surface area contributed by atoms with E-state index in [0.717, 1.165) is 5.56 Å². The van der Waals surface area contributed by atoms with Crippen molar-refractivity contribution in [3.05, 3.63) is 62.6 Å². The summed E-state index contributed by atoms with van der Waals surface area (Å²) in [5, 5.41) is 9.78. The smallest absolute Gasteiger partial charge is 0.283 e. The Morgan fingerprint density at radius 2 is 1.83 bits per heavy atom. The number of nitrogens with zero attached hydrogens (tertiary/aromatic N) is 4. The molecule has 0 spiro atoms. The zero-order valence-corrected chi connectivity index (χ0v) is 17.1. The van der Waals surface area contributed by atoms with Crippen LogP contribution in [0.1, 0.15) is 29.8 Å². The molecule has 0 bridgehead atoms. The molecule has 0 aliphatic carbocycles. The van der Waals surface area contributed by atoms with Crippen LogP contribution in [0.15, 0.2) is 30.6 Å². The number of hydrogen-bond acceptors (Lipinski definition) is 3. The third kappa shape index (κ3) is 5.05. The number of carbonyl (C=O) groups excluding carboxylic acids is 1. The summed E-state index contributed by atoms with van der Waals surface area (Å²) in [5.41, 5.74) is -0.879. The van der Waals surface area contributed by atoms with Gasteiger partial charge in [0, 0.05) is 6.20 Å². The zero-order valence-electron chi connectivity index (χ0n) is 14.8. The average Bonchev–Trinajstić information content (AvgIpc) is 3.22. The lowest BCUT2D eigenvalue weighted by atomic mass is 10.2. The highest BCUT2D eigenvalue weighted by molar-refractivity contribution is 6.42. The summed E-state index contributed by atoms with van der Waals surface area (Å²) < 4.78 is 54.0. The third-order valence-electron chi connectivity index (χ3n) is 3.91. The molecule has 1 N–H and O–H groups in total. The van der Waals surface area contributed by atoms with E-state index in [4.69, 9.17) is 34.8 Å². The number of amides is 1. The maximum Gasteiger partial charge on any atom is 0.283 e. The number of carbonyl (C=O) groups is 1. The van der Waals surface area contributed by atoms with Gasteiger partial charge in [-0.1, -0.05) is 40.9 Å². The van der Waals surface area contributed by atoms with Crippen LogP contribution in [-0.4, -0.2) is 25.5 Å². The molecule has 3 aromatic rings. The van der Waals surface area contributed by atoms with Gasteiger partial charge in [0.05, 0.1) is 33.5 Å². The van der Waals surface area contributed by atoms with Crippen molar-refractivity contribution in [3.8, 4) is 0 Å². The van der Waals surface area contributed by atoms with Crippen LogP contribution in [0.25, 0.3) is 0 Å². The molecule has 0 unspecified atom stereocenters. The van der Waals surface area contributed by atoms with E-state index in [1.54, 1.807) is 18.2 Å². The van der Waals surface area contributed by atoms with E-state index in [1.165, 1.54) is 17.1 Å². The first-order valence-corrected chi connectivity index (χ1v) is 9.37. The summed E-state index contributed by atoms with van der Waals surface area (Å²) in [6.45, 7) is -0.404. The first kappa shape index (κ1) is 22.4. The van der Waals surface area contributed by atoms with Crippen LogP contribution >= 0.6 is 34.8 Å². The topological polar surface area (TPSA) is 64.7 Å². The van der Waals surface area contributed by atoms with E-state index < -0.39 is 41.7 Å². The van der Waals surface area contributed by atoms with Gasteiger partial charge in [-0.15, -0.1) is 0 Å². The molecule has 1 amide bonds. The van der Waals surface area contributed by atoms with Crippen LogP contribution in [0.2, 0.25) is 15.1 Å². The maximum atomic E-state index is 13.2. The highest BCUT2D eigenvalue weighted by atomic mass is 35.5. The lowest BCUT2D eigenvalue weighted by Crippen LogP contribution is -2.21. The molecule has 0 radical (unpaired) electrons. The molecule has 0 saturated carbocycles. The van der Waals surface area contributed by atoms with Crippen LogP contribution in [0.4, 0.5) is 23.2 Å². The van der Waals surface area contributed by atoms with Crippen LogP contribution < -0.4 is 5.32 Å². The predicted molar refractivity (Wildman–Crippen MR) is 104 cm³/mol. The van der Waals surface area contributed by atoms with E-state index >= 15 is 0 Å². The molecule has 1 aromatic carbocycles. The molecule has 0 aliphatic rings. The van der Waals surface area contributed by atoms with Gasteiger partial charge in [-0.05, 0) is 17.7 Å². The number of benzene rings is 1. The van der Waals surface area contributed by atoms with Crippen LogP contribution in [-0.2, 0) is 17.9 Å². The quantitative estimate of drug-likeness (QED) is 0.444. The molecule has 2 heterocycles. The second-order valence-electron chi connectivity index (χ2n) is 6.07. The van der Waals surface area contributed by atoms with Crippen molar-refractivity contribution in [1.29, 1.82) is 0 Å². The van der Waals surface area contributed by atoms with E-state index in [0.29, 0.717) is 21.3 Å². The van der Waals surface area contributed by atoms with E-state index in [9.17, 15) is 22.4 Å². The van der Waals surface area contributed by atoms with Crippen LogP contribution in [0, 0.1) is 0 Å². The average molecular weight is 485 g/mol. The summed E-state index contributed by atoms with van der Waals surface area (Å²) in [5.74, 6) is -0.772. The van der Waals surface area contributed by atoms with Crippen molar-refractivity contribution in [1.82, 2.24) is 19.6 Å². The number of halogens is 7. The predicted octanol–water partition coefficient (Wildman–Crippen LogP) is 5.60. The fourth-order valence-electron chi connectivity index (χ4n) is 2.62. The minimum absolute atomic E-state index is 0.269. The van der Waals surface area contributed by atoms with Gasteiger partial charge < -0.3 is 5.32 Å². The Kier molecular flexibility index (Phi) is 6.89. The fraction of sp³-hybridized carbons (Fsp3) is 0.235. The molecule has 0 fully saturated rings. The maximum absolute atomic E-state index is 13.2. The molecule has 2 aromatic heterocycles. The van der Waals surface area contributed by atoms with Gasteiger partial charge in [-0.2, -0.15) is 10.2 Å².